The van der Waals surface area contributed by atoms with Gasteiger partial charge in [-0.3, -0.25) is 0 Å². The first-order chi connectivity index (χ1) is 14.7. The molecule has 5 nitrogen and oxygen atoms in total. The topological polar surface area (TPSA) is 66.6 Å². The van der Waals surface area contributed by atoms with Crippen LogP contribution >= 0.6 is 0 Å². The number of para-hydroxylation sites is 2. The molecule has 0 fully saturated rings. The van der Waals surface area contributed by atoms with Crippen molar-refractivity contribution in [3.8, 4) is 45.3 Å². The van der Waals surface area contributed by atoms with Gasteiger partial charge in [-0.2, -0.15) is 0 Å². The Morgan fingerprint density at radius 1 is 0.667 bits per heavy atom. The Bertz CT molecular complexity index is 1160. The SMILES string of the molecule is COc1ccc(-c2cc(-c3ccccc3Oc3ccccc3)cnc2N)c(OC)c1. The molecule has 3 aromatic carbocycles. The van der Waals surface area contributed by atoms with Crippen molar-refractivity contribution in [1.29, 1.82) is 0 Å². The Morgan fingerprint density at radius 2 is 1.43 bits per heavy atom. The molecule has 0 amide bonds. The number of benzene rings is 3. The van der Waals surface area contributed by atoms with E-state index in [2.05, 4.69) is 4.98 Å². The van der Waals surface area contributed by atoms with E-state index in [1.807, 2.05) is 78.9 Å². The number of hydrogen-bond donors (Lipinski definition) is 1. The number of aromatic nitrogens is 1. The molecule has 0 aliphatic rings. The zero-order valence-corrected chi connectivity index (χ0v) is 16.8. The zero-order chi connectivity index (χ0) is 20.9. The molecule has 0 spiro atoms. The molecule has 0 unspecified atom stereocenters. The summed E-state index contributed by atoms with van der Waals surface area (Å²) in [7, 11) is 3.24. The van der Waals surface area contributed by atoms with E-state index in [-0.39, 0.29) is 0 Å². The molecule has 0 atom stereocenters. The standard InChI is InChI=1S/C25H22N2O3/c1-28-19-12-13-21(24(15-19)29-2)22-14-17(16-27-25(22)26)20-10-6-7-11-23(20)30-18-8-4-3-5-9-18/h3-16H,1-2H3,(H2,26,27). The quantitative estimate of drug-likeness (QED) is 0.444. The van der Waals surface area contributed by atoms with Crippen molar-refractivity contribution in [2.45, 2.75) is 0 Å². The first kappa shape index (κ1) is 19.3. The number of nitrogen functional groups attached to an aromatic ring is 1. The van der Waals surface area contributed by atoms with Crippen LogP contribution in [0.2, 0.25) is 0 Å². The van der Waals surface area contributed by atoms with Crippen molar-refractivity contribution >= 4 is 5.82 Å². The Kier molecular flexibility index (Phi) is 5.52. The van der Waals surface area contributed by atoms with Gasteiger partial charge in [0.15, 0.2) is 0 Å². The molecule has 0 bridgehead atoms. The zero-order valence-electron chi connectivity index (χ0n) is 16.8. The average Bonchev–Trinajstić information content (AvgIpc) is 2.80. The van der Waals surface area contributed by atoms with Crippen LogP contribution in [0.4, 0.5) is 5.82 Å². The molecular formula is C25H22N2O3. The highest BCUT2D eigenvalue weighted by Gasteiger charge is 2.15. The maximum absolute atomic E-state index is 6.23. The highest BCUT2D eigenvalue weighted by atomic mass is 16.5. The third-order valence-corrected chi connectivity index (χ3v) is 4.79. The minimum Gasteiger partial charge on any atom is -0.497 e. The van der Waals surface area contributed by atoms with Crippen molar-refractivity contribution in [1.82, 2.24) is 4.98 Å². The summed E-state index contributed by atoms with van der Waals surface area (Å²) in [5.74, 6) is 3.30. The second-order valence-corrected chi connectivity index (χ2v) is 6.63. The van der Waals surface area contributed by atoms with Gasteiger partial charge < -0.3 is 19.9 Å². The molecule has 0 saturated heterocycles. The van der Waals surface area contributed by atoms with Crippen LogP contribution in [-0.2, 0) is 0 Å². The molecule has 5 heteroatoms. The molecule has 30 heavy (non-hydrogen) atoms. The van der Waals surface area contributed by atoms with Crippen molar-refractivity contribution < 1.29 is 14.2 Å². The molecule has 0 aliphatic carbocycles. The monoisotopic (exact) mass is 398 g/mol. The Hall–Kier alpha value is -3.99. The summed E-state index contributed by atoms with van der Waals surface area (Å²) in [6.07, 6.45) is 1.75. The van der Waals surface area contributed by atoms with Gasteiger partial charge in [0, 0.05) is 34.5 Å². The second kappa shape index (κ2) is 8.57. The minimum atomic E-state index is 0.420. The van der Waals surface area contributed by atoms with E-state index in [0.29, 0.717) is 17.3 Å². The number of pyridine rings is 1. The minimum absolute atomic E-state index is 0.420. The predicted molar refractivity (Wildman–Crippen MR) is 119 cm³/mol. The van der Waals surface area contributed by atoms with Gasteiger partial charge >= 0.3 is 0 Å². The van der Waals surface area contributed by atoms with E-state index < -0.39 is 0 Å². The molecule has 1 heterocycles. The molecule has 2 N–H and O–H groups in total. The van der Waals surface area contributed by atoms with E-state index in [1.54, 1.807) is 20.4 Å². The third kappa shape index (κ3) is 3.91. The lowest BCUT2D eigenvalue weighted by Gasteiger charge is -2.15. The first-order valence-corrected chi connectivity index (χ1v) is 9.50. The fourth-order valence-electron chi connectivity index (χ4n) is 3.27. The van der Waals surface area contributed by atoms with Crippen molar-refractivity contribution in [2.75, 3.05) is 20.0 Å². The van der Waals surface area contributed by atoms with Gasteiger partial charge in [0.2, 0.25) is 0 Å². The first-order valence-electron chi connectivity index (χ1n) is 9.50. The average molecular weight is 398 g/mol. The summed E-state index contributed by atoms with van der Waals surface area (Å²) in [6, 6.07) is 25.2. The molecule has 0 saturated carbocycles. The van der Waals surface area contributed by atoms with Gasteiger partial charge in [0.05, 0.1) is 14.2 Å². The van der Waals surface area contributed by atoms with E-state index in [9.17, 15) is 0 Å². The van der Waals surface area contributed by atoms with Crippen LogP contribution in [0, 0.1) is 0 Å². The lowest BCUT2D eigenvalue weighted by molar-refractivity contribution is 0.395. The maximum Gasteiger partial charge on any atom is 0.135 e. The normalized spacial score (nSPS) is 10.5. The van der Waals surface area contributed by atoms with Crippen LogP contribution in [0.3, 0.4) is 0 Å². The van der Waals surface area contributed by atoms with Crippen LogP contribution < -0.4 is 19.9 Å². The summed E-state index contributed by atoms with van der Waals surface area (Å²) in [5, 5.41) is 0. The van der Waals surface area contributed by atoms with Gasteiger partial charge in [-0.05, 0) is 36.4 Å². The Balaban J connectivity index is 1.79. The number of anilines is 1. The van der Waals surface area contributed by atoms with Gasteiger partial charge in [-0.15, -0.1) is 0 Å². The smallest absolute Gasteiger partial charge is 0.135 e. The van der Waals surface area contributed by atoms with Gasteiger partial charge in [-0.25, -0.2) is 4.98 Å². The molecule has 0 aliphatic heterocycles. The lowest BCUT2D eigenvalue weighted by atomic mass is 9.99. The fraction of sp³-hybridized carbons (Fsp3) is 0.0800. The molecule has 150 valence electrons. The van der Waals surface area contributed by atoms with Gasteiger partial charge in [0.25, 0.3) is 0 Å². The molecular weight excluding hydrogens is 376 g/mol. The summed E-state index contributed by atoms with van der Waals surface area (Å²) >= 11 is 0. The summed E-state index contributed by atoms with van der Waals surface area (Å²) in [6.45, 7) is 0. The highest BCUT2D eigenvalue weighted by molar-refractivity contribution is 5.84. The molecule has 0 radical (unpaired) electrons. The number of ether oxygens (including phenoxy) is 3. The van der Waals surface area contributed by atoms with E-state index in [0.717, 1.165) is 33.8 Å². The molecule has 4 aromatic rings. The molecule has 1 aromatic heterocycles. The maximum atomic E-state index is 6.23. The summed E-state index contributed by atoms with van der Waals surface area (Å²) in [4.78, 5) is 4.43. The predicted octanol–water partition coefficient (Wildman–Crippen LogP) is 5.81. The van der Waals surface area contributed by atoms with Crippen molar-refractivity contribution in [2.24, 2.45) is 0 Å². The van der Waals surface area contributed by atoms with Crippen LogP contribution in [0.5, 0.6) is 23.0 Å². The second-order valence-electron chi connectivity index (χ2n) is 6.63. The van der Waals surface area contributed by atoms with Crippen LogP contribution in [0.25, 0.3) is 22.3 Å². The van der Waals surface area contributed by atoms with Crippen LogP contribution in [0.1, 0.15) is 0 Å². The van der Waals surface area contributed by atoms with E-state index in [4.69, 9.17) is 19.9 Å². The number of nitrogens with zero attached hydrogens (tertiary/aromatic N) is 1. The number of hydrogen-bond acceptors (Lipinski definition) is 5. The van der Waals surface area contributed by atoms with E-state index in [1.165, 1.54) is 0 Å². The van der Waals surface area contributed by atoms with Gasteiger partial charge in [0.1, 0.15) is 28.8 Å². The Labute approximate surface area is 175 Å². The highest BCUT2D eigenvalue weighted by Crippen LogP contribution is 2.39. The number of nitrogens with two attached hydrogens (primary N) is 1. The molecule has 4 rings (SSSR count). The number of methoxy groups -OCH3 is 2. The largest absolute Gasteiger partial charge is 0.497 e. The Morgan fingerprint density at radius 3 is 2.20 bits per heavy atom. The van der Waals surface area contributed by atoms with Crippen LogP contribution in [-0.4, -0.2) is 19.2 Å². The number of rotatable bonds is 6. The summed E-state index contributed by atoms with van der Waals surface area (Å²) < 4.78 is 17.0. The van der Waals surface area contributed by atoms with Crippen LogP contribution in [0.15, 0.2) is 85.1 Å². The van der Waals surface area contributed by atoms with Crippen molar-refractivity contribution in [3.05, 3.63) is 85.1 Å². The lowest BCUT2D eigenvalue weighted by Crippen LogP contribution is -1.98. The summed E-state index contributed by atoms with van der Waals surface area (Å²) in [5.41, 5.74) is 9.66. The fourth-order valence-corrected chi connectivity index (χ4v) is 3.27. The van der Waals surface area contributed by atoms with E-state index >= 15 is 0 Å². The van der Waals surface area contributed by atoms with Gasteiger partial charge in [-0.1, -0.05) is 36.4 Å². The third-order valence-electron chi connectivity index (χ3n) is 4.79. The van der Waals surface area contributed by atoms with Crippen molar-refractivity contribution in [3.63, 3.8) is 0 Å².